The van der Waals surface area contributed by atoms with E-state index in [1.54, 1.807) is 11.3 Å². The van der Waals surface area contributed by atoms with Crippen molar-refractivity contribution in [3.63, 3.8) is 0 Å². The summed E-state index contributed by atoms with van der Waals surface area (Å²) in [6, 6.07) is 0.514. The number of nitrogens with one attached hydrogen (secondary N) is 2. The fourth-order valence-electron chi connectivity index (χ4n) is 4.52. The highest BCUT2D eigenvalue weighted by Gasteiger charge is 2.37. The number of hydrogen-bond acceptors (Lipinski definition) is 4. The zero-order valence-corrected chi connectivity index (χ0v) is 14.0. The molecule has 1 heterocycles. The monoisotopic (exact) mass is 319 g/mol. The summed E-state index contributed by atoms with van der Waals surface area (Å²) in [5.41, 5.74) is 0. The van der Waals surface area contributed by atoms with Crippen LogP contribution < -0.4 is 10.6 Å². The fraction of sp³-hybridized carbons (Fsp3) is 0.765. The molecule has 0 aromatic carbocycles. The van der Waals surface area contributed by atoms with Crippen LogP contribution >= 0.6 is 11.3 Å². The molecule has 4 aliphatic rings. The molecule has 0 radical (unpaired) electrons. The first-order chi connectivity index (χ1) is 10.7. The van der Waals surface area contributed by atoms with Gasteiger partial charge in [0, 0.05) is 23.0 Å². The molecule has 0 spiro atoms. The Hall–Kier alpha value is -0.940. The van der Waals surface area contributed by atoms with Crippen LogP contribution in [0.25, 0.3) is 0 Å². The maximum Gasteiger partial charge on any atom is 0.229 e. The molecule has 22 heavy (non-hydrogen) atoms. The molecule has 1 amide bonds. The summed E-state index contributed by atoms with van der Waals surface area (Å²) in [7, 11) is 1.96. The zero-order chi connectivity index (χ0) is 15.1. The Morgan fingerprint density at radius 2 is 2.00 bits per heavy atom. The number of fused-ring (bicyclic) bond motifs is 3. The van der Waals surface area contributed by atoms with Gasteiger partial charge in [-0.2, -0.15) is 0 Å². The Balaban J connectivity index is 1.37. The smallest absolute Gasteiger partial charge is 0.229 e. The first kappa shape index (κ1) is 14.6. The van der Waals surface area contributed by atoms with Gasteiger partial charge in [-0.3, -0.25) is 4.79 Å². The summed E-state index contributed by atoms with van der Waals surface area (Å²) in [6.07, 6.45) is 10.9. The molecule has 2 bridgehead atoms. The lowest BCUT2D eigenvalue weighted by atomic mass is 9.64. The van der Waals surface area contributed by atoms with E-state index < -0.39 is 0 Å². The topological polar surface area (TPSA) is 54.0 Å². The van der Waals surface area contributed by atoms with Crippen molar-refractivity contribution in [2.45, 2.75) is 56.9 Å². The van der Waals surface area contributed by atoms with Crippen molar-refractivity contribution in [2.24, 2.45) is 17.8 Å². The maximum absolute atomic E-state index is 12.2. The molecular formula is C17H25N3OS. The van der Waals surface area contributed by atoms with Crippen LogP contribution in [-0.4, -0.2) is 24.0 Å². The third-order valence-corrected chi connectivity index (χ3v) is 7.13. The molecule has 1 aromatic rings. The van der Waals surface area contributed by atoms with Crippen molar-refractivity contribution in [1.29, 1.82) is 0 Å². The molecule has 0 unspecified atom stereocenters. The minimum atomic E-state index is 0.151. The summed E-state index contributed by atoms with van der Waals surface area (Å²) < 4.78 is 0. The molecule has 4 aliphatic carbocycles. The van der Waals surface area contributed by atoms with Crippen LogP contribution in [0, 0.1) is 17.8 Å². The zero-order valence-electron chi connectivity index (χ0n) is 13.2. The van der Waals surface area contributed by atoms with Crippen LogP contribution in [0.2, 0.25) is 0 Å². The van der Waals surface area contributed by atoms with E-state index in [1.165, 1.54) is 37.0 Å². The molecule has 5 heteroatoms. The van der Waals surface area contributed by atoms with Crippen LogP contribution in [0.5, 0.6) is 0 Å². The van der Waals surface area contributed by atoms with Crippen LogP contribution in [0.15, 0.2) is 6.20 Å². The van der Waals surface area contributed by atoms with Crippen molar-refractivity contribution in [3.05, 3.63) is 11.1 Å². The normalized spacial score (nSPS) is 36.9. The van der Waals surface area contributed by atoms with E-state index in [-0.39, 0.29) is 11.8 Å². The molecule has 120 valence electrons. The lowest BCUT2D eigenvalue weighted by Gasteiger charge is -2.41. The van der Waals surface area contributed by atoms with E-state index in [0.717, 1.165) is 29.8 Å². The van der Waals surface area contributed by atoms with E-state index in [2.05, 4.69) is 15.6 Å². The first-order valence-electron chi connectivity index (χ1n) is 8.66. The van der Waals surface area contributed by atoms with Crippen LogP contribution in [0.4, 0.5) is 5.13 Å². The Labute approximate surface area is 136 Å². The summed E-state index contributed by atoms with van der Waals surface area (Å²) >= 11 is 1.71. The van der Waals surface area contributed by atoms with Gasteiger partial charge in [0.1, 0.15) is 0 Å². The van der Waals surface area contributed by atoms with Crippen molar-refractivity contribution in [2.75, 3.05) is 12.4 Å². The number of hydrogen-bond donors (Lipinski definition) is 2. The molecule has 4 fully saturated rings. The van der Waals surface area contributed by atoms with Gasteiger partial charge in [0.05, 0.1) is 0 Å². The second-order valence-electron chi connectivity index (χ2n) is 7.33. The molecule has 1 atom stereocenters. The molecule has 1 aromatic heterocycles. The van der Waals surface area contributed by atoms with Crippen LogP contribution in [-0.2, 0) is 4.79 Å². The highest BCUT2D eigenvalue weighted by atomic mass is 32.1. The van der Waals surface area contributed by atoms with Gasteiger partial charge in [-0.15, -0.1) is 11.3 Å². The lowest BCUT2D eigenvalue weighted by molar-refractivity contribution is -0.122. The average molecular weight is 319 g/mol. The molecule has 0 saturated heterocycles. The van der Waals surface area contributed by atoms with E-state index in [9.17, 15) is 4.79 Å². The quantitative estimate of drug-likeness (QED) is 0.894. The molecule has 4 nitrogen and oxygen atoms in total. The van der Waals surface area contributed by atoms with Gasteiger partial charge >= 0.3 is 0 Å². The third-order valence-electron chi connectivity index (χ3n) is 6.08. The number of carbonyl (C=O) groups excluding carboxylic acids is 1. The highest BCUT2D eigenvalue weighted by Crippen LogP contribution is 2.50. The standard InChI is InChI=1S/C17H25N3OS/c1-18-13-7-12(8-13)16(21)20-17-19-9-15(22-17)14-6-10-2-4-11(14)5-3-10/h9-14,18H,2-8H2,1H3,(H,19,20,21)/t10?,11?,12-,13-,14-/m0/s1. The second-order valence-corrected chi connectivity index (χ2v) is 8.40. The van der Waals surface area contributed by atoms with Crippen molar-refractivity contribution >= 4 is 22.4 Å². The SMILES string of the molecule is CN[C@H]1C[C@H](C(=O)Nc2ncc([C@H]3CC4CCC3CC4)s2)C1. The maximum atomic E-state index is 12.2. The van der Waals surface area contributed by atoms with Crippen molar-refractivity contribution in [3.8, 4) is 0 Å². The summed E-state index contributed by atoms with van der Waals surface area (Å²) in [6.45, 7) is 0. The van der Waals surface area contributed by atoms with Crippen molar-refractivity contribution in [1.82, 2.24) is 10.3 Å². The number of anilines is 1. The number of carbonyl (C=O) groups is 1. The minimum Gasteiger partial charge on any atom is -0.317 e. The predicted molar refractivity (Wildman–Crippen MR) is 89.1 cm³/mol. The lowest BCUT2D eigenvalue weighted by Crippen LogP contribution is -2.44. The number of rotatable bonds is 4. The molecule has 0 aliphatic heterocycles. The van der Waals surface area contributed by atoms with E-state index in [1.807, 2.05) is 13.2 Å². The van der Waals surface area contributed by atoms with Crippen LogP contribution in [0.1, 0.15) is 55.7 Å². The van der Waals surface area contributed by atoms with Gasteiger partial charge in [0.2, 0.25) is 5.91 Å². The van der Waals surface area contributed by atoms with Crippen LogP contribution in [0.3, 0.4) is 0 Å². The average Bonchev–Trinajstić information content (AvgIpc) is 2.95. The third kappa shape index (κ3) is 2.69. The number of thiazole rings is 1. The van der Waals surface area contributed by atoms with Gasteiger partial charge in [0.25, 0.3) is 0 Å². The van der Waals surface area contributed by atoms with E-state index >= 15 is 0 Å². The van der Waals surface area contributed by atoms with Gasteiger partial charge < -0.3 is 10.6 Å². The first-order valence-corrected chi connectivity index (χ1v) is 9.48. The second kappa shape index (κ2) is 5.93. The Kier molecular flexibility index (Phi) is 3.95. The van der Waals surface area contributed by atoms with Gasteiger partial charge in [-0.1, -0.05) is 12.8 Å². The Morgan fingerprint density at radius 1 is 1.23 bits per heavy atom. The minimum absolute atomic E-state index is 0.151. The summed E-state index contributed by atoms with van der Waals surface area (Å²) in [5, 5.41) is 7.05. The summed E-state index contributed by atoms with van der Waals surface area (Å²) in [4.78, 5) is 18.1. The number of nitrogens with zero attached hydrogens (tertiary/aromatic N) is 1. The van der Waals surface area contributed by atoms with E-state index in [4.69, 9.17) is 0 Å². The largest absolute Gasteiger partial charge is 0.317 e. The molecule has 2 N–H and O–H groups in total. The van der Waals surface area contributed by atoms with E-state index in [0.29, 0.717) is 12.0 Å². The van der Waals surface area contributed by atoms with Crippen molar-refractivity contribution < 1.29 is 4.79 Å². The fourth-order valence-corrected chi connectivity index (χ4v) is 5.54. The number of aromatic nitrogens is 1. The molecule has 4 saturated carbocycles. The number of amides is 1. The molecular weight excluding hydrogens is 294 g/mol. The van der Waals surface area contributed by atoms with Gasteiger partial charge in [0.15, 0.2) is 5.13 Å². The Bertz CT molecular complexity index is 544. The van der Waals surface area contributed by atoms with Gasteiger partial charge in [-0.05, 0) is 56.9 Å². The Morgan fingerprint density at radius 3 is 2.64 bits per heavy atom. The highest BCUT2D eigenvalue weighted by molar-refractivity contribution is 7.15. The molecule has 5 rings (SSSR count). The predicted octanol–water partition coefficient (Wildman–Crippen LogP) is 3.37. The summed E-state index contributed by atoms with van der Waals surface area (Å²) in [5.74, 6) is 2.81. The van der Waals surface area contributed by atoms with Gasteiger partial charge in [-0.25, -0.2) is 4.98 Å².